The molecule has 2 nitrogen and oxygen atoms in total. The Morgan fingerprint density at radius 2 is 2.27 bits per heavy atom. The second-order valence-corrected chi connectivity index (χ2v) is 3.83. The molecule has 1 aromatic carbocycles. The normalized spacial score (nSPS) is 12.7. The molecule has 0 spiro atoms. The van der Waals surface area contributed by atoms with Gasteiger partial charge in [0.1, 0.15) is 5.82 Å². The van der Waals surface area contributed by atoms with Crippen molar-refractivity contribution in [3.05, 3.63) is 35.6 Å². The highest BCUT2D eigenvalue weighted by Gasteiger charge is 2.02. The van der Waals surface area contributed by atoms with Crippen molar-refractivity contribution in [2.45, 2.75) is 25.8 Å². The smallest absolute Gasteiger partial charge is 0.123 e. The summed E-state index contributed by atoms with van der Waals surface area (Å²) in [6, 6.07) is 7.11. The summed E-state index contributed by atoms with van der Waals surface area (Å²) in [5.41, 5.74) is 6.43. The van der Waals surface area contributed by atoms with Gasteiger partial charge in [-0.25, -0.2) is 4.39 Å². The van der Waals surface area contributed by atoms with E-state index in [2.05, 4.69) is 12.2 Å². The zero-order valence-corrected chi connectivity index (χ0v) is 9.17. The third-order valence-corrected chi connectivity index (χ3v) is 2.30. The maximum absolute atomic E-state index is 12.9. The molecule has 0 aliphatic carbocycles. The minimum absolute atomic E-state index is 0.165. The Morgan fingerprint density at radius 3 is 2.93 bits per heavy atom. The van der Waals surface area contributed by atoms with Gasteiger partial charge in [-0.2, -0.15) is 0 Å². The number of nitrogens with one attached hydrogen (secondary N) is 1. The molecule has 3 N–H and O–H groups in total. The summed E-state index contributed by atoms with van der Waals surface area (Å²) in [7, 11) is 0. The molecule has 1 atom stereocenters. The van der Waals surface area contributed by atoms with Crippen LogP contribution in [0.25, 0.3) is 0 Å². The molecular formula is C12H19FN2. The molecule has 0 aliphatic rings. The first-order valence-electron chi connectivity index (χ1n) is 5.40. The maximum Gasteiger partial charge on any atom is 0.123 e. The molecule has 0 radical (unpaired) electrons. The first kappa shape index (κ1) is 12.1. The number of benzene rings is 1. The average molecular weight is 210 g/mol. The Balaban J connectivity index is 2.34. The zero-order valence-electron chi connectivity index (χ0n) is 9.17. The van der Waals surface area contributed by atoms with Gasteiger partial charge >= 0.3 is 0 Å². The molecule has 0 saturated heterocycles. The molecule has 1 unspecified atom stereocenters. The topological polar surface area (TPSA) is 38.0 Å². The summed E-state index contributed by atoms with van der Waals surface area (Å²) < 4.78 is 12.9. The fourth-order valence-electron chi connectivity index (χ4n) is 1.54. The summed E-state index contributed by atoms with van der Waals surface area (Å²) in [6.07, 6.45) is 1.83. The van der Waals surface area contributed by atoms with E-state index in [0.29, 0.717) is 12.6 Å². The molecule has 0 heterocycles. The molecular weight excluding hydrogens is 191 g/mol. The van der Waals surface area contributed by atoms with E-state index in [1.807, 2.05) is 6.07 Å². The zero-order chi connectivity index (χ0) is 11.1. The molecule has 1 rings (SSSR count). The Kier molecular flexibility index (Phi) is 5.29. The second-order valence-electron chi connectivity index (χ2n) is 3.83. The van der Waals surface area contributed by atoms with E-state index in [1.54, 1.807) is 12.1 Å². The quantitative estimate of drug-likeness (QED) is 0.701. The van der Waals surface area contributed by atoms with Gasteiger partial charge < -0.3 is 11.1 Å². The summed E-state index contributed by atoms with van der Waals surface area (Å²) in [5, 5.41) is 3.35. The van der Waals surface area contributed by atoms with E-state index >= 15 is 0 Å². The second kappa shape index (κ2) is 6.53. The molecule has 0 aromatic heterocycles. The van der Waals surface area contributed by atoms with Crippen LogP contribution in [-0.4, -0.2) is 19.1 Å². The predicted molar refractivity (Wildman–Crippen MR) is 61.2 cm³/mol. The van der Waals surface area contributed by atoms with E-state index < -0.39 is 0 Å². The van der Waals surface area contributed by atoms with Crippen LogP contribution in [0.2, 0.25) is 0 Å². The van der Waals surface area contributed by atoms with Gasteiger partial charge in [-0.15, -0.1) is 0 Å². The minimum Gasteiger partial charge on any atom is -0.330 e. The van der Waals surface area contributed by atoms with Gasteiger partial charge in [-0.3, -0.25) is 0 Å². The number of halogens is 1. The Bertz CT molecular complexity index is 289. The van der Waals surface area contributed by atoms with Gasteiger partial charge in [-0.05, 0) is 50.6 Å². The molecule has 0 amide bonds. The predicted octanol–water partition coefficient (Wildman–Crippen LogP) is 1.70. The van der Waals surface area contributed by atoms with Crippen molar-refractivity contribution in [2.75, 3.05) is 13.1 Å². The van der Waals surface area contributed by atoms with E-state index in [1.165, 1.54) is 6.07 Å². The molecule has 0 saturated carbocycles. The van der Waals surface area contributed by atoms with Gasteiger partial charge in [0, 0.05) is 6.04 Å². The van der Waals surface area contributed by atoms with Gasteiger partial charge in [0.05, 0.1) is 0 Å². The Labute approximate surface area is 90.7 Å². The van der Waals surface area contributed by atoms with Crippen LogP contribution in [0.3, 0.4) is 0 Å². The fourth-order valence-corrected chi connectivity index (χ4v) is 1.54. The van der Waals surface area contributed by atoms with E-state index in [4.69, 9.17) is 5.73 Å². The van der Waals surface area contributed by atoms with Crippen LogP contribution in [0.15, 0.2) is 24.3 Å². The molecule has 3 heteroatoms. The van der Waals surface area contributed by atoms with Gasteiger partial charge in [0.2, 0.25) is 0 Å². The lowest BCUT2D eigenvalue weighted by molar-refractivity contribution is 0.535. The summed E-state index contributed by atoms with van der Waals surface area (Å²) in [4.78, 5) is 0. The first-order valence-corrected chi connectivity index (χ1v) is 5.40. The van der Waals surface area contributed by atoms with E-state index in [-0.39, 0.29) is 5.82 Å². The molecule has 15 heavy (non-hydrogen) atoms. The van der Waals surface area contributed by atoms with Gasteiger partial charge in [-0.1, -0.05) is 12.1 Å². The summed E-state index contributed by atoms with van der Waals surface area (Å²) in [6.45, 7) is 3.73. The monoisotopic (exact) mass is 210 g/mol. The summed E-state index contributed by atoms with van der Waals surface area (Å²) in [5.74, 6) is -0.165. The van der Waals surface area contributed by atoms with Crippen LogP contribution in [0.1, 0.15) is 18.9 Å². The van der Waals surface area contributed by atoms with E-state index in [0.717, 1.165) is 24.9 Å². The van der Waals surface area contributed by atoms with Crippen molar-refractivity contribution in [2.24, 2.45) is 5.73 Å². The highest BCUT2D eigenvalue weighted by molar-refractivity contribution is 5.17. The average Bonchev–Trinajstić information content (AvgIpc) is 2.18. The van der Waals surface area contributed by atoms with Crippen molar-refractivity contribution < 1.29 is 4.39 Å². The third-order valence-electron chi connectivity index (χ3n) is 2.30. The standard InChI is InChI=1S/C12H19FN2/c1-10(15-7-3-6-14)8-11-4-2-5-12(13)9-11/h2,4-5,9-10,15H,3,6-8,14H2,1H3. The lowest BCUT2D eigenvalue weighted by Crippen LogP contribution is -2.30. The van der Waals surface area contributed by atoms with E-state index in [9.17, 15) is 4.39 Å². The van der Waals surface area contributed by atoms with Crippen LogP contribution in [0.5, 0.6) is 0 Å². The van der Waals surface area contributed by atoms with Crippen LogP contribution in [0.4, 0.5) is 4.39 Å². The molecule has 0 fully saturated rings. The molecule has 1 aromatic rings. The third kappa shape index (κ3) is 4.91. The number of nitrogens with two attached hydrogens (primary N) is 1. The molecule has 0 aliphatic heterocycles. The first-order chi connectivity index (χ1) is 7.22. The van der Waals surface area contributed by atoms with Crippen molar-refractivity contribution in [1.82, 2.24) is 5.32 Å². The summed E-state index contributed by atoms with van der Waals surface area (Å²) >= 11 is 0. The number of hydrogen-bond donors (Lipinski definition) is 2. The number of rotatable bonds is 6. The van der Waals surface area contributed by atoms with Crippen LogP contribution < -0.4 is 11.1 Å². The van der Waals surface area contributed by atoms with Gasteiger partial charge in [0.25, 0.3) is 0 Å². The highest BCUT2D eigenvalue weighted by atomic mass is 19.1. The largest absolute Gasteiger partial charge is 0.330 e. The van der Waals surface area contributed by atoms with Gasteiger partial charge in [0.15, 0.2) is 0 Å². The van der Waals surface area contributed by atoms with Crippen LogP contribution >= 0.6 is 0 Å². The lowest BCUT2D eigenvalue weighted by atomic mass is 10.1. The maximum atomic E-state index is 12.9. The number of hydrogen-bond acceptors (Lipinski definition) is 2. The van der Waals surface area contributed by atoms with Crippen molar-refractivity contribution in [1.29, 1.82) is 0 Å². The van der Waals surface area contributed by atoms with Crippen molar-refractivity contribution in [3.63, 3.8) is 0 Å². The molecule has 84 valence electrons. The molecule has 0 bridgehead atoms. The highest BCUT2D eigenvalue weighted by Crippen LogP contribution is 2.06. The minimum atomic E-state index is -0.165. The Hall–Kier alpha value is -0.930. The fraction of sp³-hybridized carbons (Fsp3) is 0.500. The van der Waals surface area contributed by atoms with Crippen LogP contribution in [-0.2, 0) is 6.42 Å². The SMILES string of the molecule is CC(Cc1cccc(F)c1)NCCCN. The lowest BCUT2D eigenvalue weighted by Gasteiger charge is -2.13. The Morgan fingerprint density at radius 1 is 1.47 bits per heavy atom. The van der Waals surface area contributed by atoms with Crippen molar-refractivity contribution in [3.8, 4) is 0 Å². The van der Waals surface area contributed by atoms with Crippen LogP contribution in [0, 0.1) is 5.82 Å². The van der Waals surface area contributed by atoms with Crippen molar-refractivity contribution >= 4 is 0 Å².